The fourth-order valence-corrected chi connectivity index (χ4v) is 2.92. The van der Waals surface area contributed by atoms with Crippen molar-refractivity contribution in [2.24, 2.45) is 0 Å². The van der Waals surface area contributed by atoms with Crippen LogP contribution in [-0.4, -0.2) is 27.6 Å². The molecule has 0 saturated heterocycles. The first-order valence-corrected chi connectivity index (χ1v) is 9.57. The Labute approximate surface area is 170 Å². The van der Waals surface area contributed by atoms with Gasteiger partial charge in [-0.3, -0.25) is 9.48 Å². The van der Waals surface area contributed by atoms with Crippen LogP contribution >= 0.6 is 27.5 Å². The van der Waals surface area contributed by atoms with Crippen LogP contribution in [0.5, 0.6) is 5.75 Å². The lowest BCUT2D eigenvalue weighted by Crippen LogP contribution is -2.26. The Balaban J connectivity index is 1.59. The molecule has 0 bridgehead atoms. The summed E-state index contributed by atoms with van der Waals surface area (Å²) in [5.41, 5.74) is 0.653. The molecule has 0 N–H and O–H groups in total. The number of carbonyl (C=O) groups excluding carboxylic acids is 1. The van der Waals surface area contributed by atoms with E-state index in [1.807, 2.05) is 31.2 Å². The zero-order valence-electron chi connectivity index (χ0n) is 15.0. The highest BCUT2D eigenvalue weighted by Gasteiger charge is 2.19. The number of aromatic nitrogens is 2. The smallest absolute Gasteiger partial charge is 0.289 e. The second-order valence-electron chi connectivity index (χ2n) is 5.95. The molecule has 1 aromatic carbocycles. The molecule has 0 saturated carbocycles. The first-order valence-electron chi connectivity index (χ1n) is 8.40. The van der Waals surface area contributed by atoms with Gasteiger partial charge in [0.1, 0.15) is 23.8 Å². The molecule has 0 atom stereocenters. The highest BCUT2D eigenvalue weighted by atomic mass is 79.9. The minimum atomic E-state index is -0.244. The van der Waals surface area contributed by atoms with Gasteiger partial charge in [-0.25, -0.2) is 0 Å². The number of hydrogen-bond donors (Lipinski definition) is 0. The van der Waals surface area contributed by atoms with Gasteiger partial charge < -0.3 is 14.1 Å². The van der Waals surface area contributed by atoms with E-state index >= 15 is 0 Å². The topological polar surface area (TPSA) is 60.5 Å². The summed E-state index contributed by atoms with van der Waals surface area (Å²) in [7, 11) is 1.68. The van der Waals surface area contributed by atoms with Crippen LogP contribution in [0, 0.1) is 0 Å². The molecule has 3 aromatic rings. The predicted molar refractivity (Wildman–Crippen MR) is 106 cm³/mol. The molecule has 2 heterocycles. The van der Waals surface area contributed by atoms with Gasteiger partial charge in [-0.15, -0.1) is 0 Å². The van der Waals surface area contributed by atoms with Crippen LogP contribution in [0.1, 0.15) is 28.9 Å². The van der Waals surface area contributed by atoms with Crippen molar-refractivity contribution >= 4 is 33.4 Å². The number of aryl methyl sites for hydroxylation is 1. The number of benzene rings is 1. The molecule has 142 valence electrons. The van der Waals surface area contributed by atoms with E-state index in [1.165, 1.54) is 4.90 Å². The van der Waals surface area contributed by atoms with Gasteiger partial charge in [-0.1, -0.05) is 27.5 Å². The Morgan fingerprint density at radius 1 is 1.30 bits per heavy atom. The van der Waals surface area contributed by atoms with E-state index in [4.69, 9.17) is 20.8 Å². The summed E-state index contributed by atoms with van der Waals surface area (Å²) in [5, 5.41) is 4.90. The van der Waals surface area contributed by atoms with Crippen LogP contribution in [0.4, 0.5) is 0 Å². The molecule has 0 aliphatic rings. The number of carbonyl (C=O) groups is 1. The van der Waals surface area contributed by atoms with Crippen molar-refractivity contribution in [1.29, 1.82) is 0 Å². The van der Waals surface area contributed by atoms with Crippen molar-refractivity contribution in [1.82, 2.24) is 14.7 Å². The van der Waals surface area contributed by atoms with E-state index in [-0.39, 0.29) is 18.3 Å². The highest BCUT2D eigenvalue weighted by Crippen LogP contribution is 2.20. The molecule has 0 aliphatic carbocycles. The fraction of sp³-hybridized carbons (Fsp3) is 0.263. The van der Waals surface area contributed by atoms with Gasteiger partial charge in [0.25, 0.3) is 5.91 Å². The van der Waals surface area contributed by atoms with E-state index in [0.717, 1.165) is 16.8 Å². The molecule has 1 amide bonds. The maximum atomic E-state index is 12.6. The quantitative estimate of drug-likeness (QED) is 0.518. The Bertz CT molecular complexity index is 921. The Kier molecular flexibility index (Phi) is 6.23. The number of rotatable bonds is 7. The van der Waals surface area contributed by atoms with Crippen molar-refractivity contribution in [2.45, 2.75) is 26.6 Å². The van der Waals surface area contributed by atoms with Crippen LogP contribution in [0.15, 0.2) is 51.5 Å². The first-order chi connectivity index (χ1) is 13.0. The van der Waals surface area contributed by atoms with E-state index < -0.39 is 0 Å². The van der Waals surface area contributed by atoms with E-state index in [1.54, 1.807) is 30.1 Å². The number of halogens is 2. The van der Waals surface area contributed by atoms with Crippen LogP contribution in [0.3, 0.4) is 0 Å². The van der Waals surface area contributed by atoms with Crippen LogP contribution < -0.4 is 4.74 Å². The third-order valence-corrected chi connectivity index (χ3v) is 4.76. The number of furan rings is 1. The van der Waals surface area contributed by atoms with Crippen molar-refractivity contribution in [3.8, 4) is 5.75 Å². The minimum Gasteiger partial charge on any atom is -0.486 e. The molecule has 0 radical (unpaired) electrons. The van der Waals surface area contributed by atoms with Crippen LogP contribution in [0.2, 0.25) is 5.02 Å². The third-order valence-electron chi connectivity index (χ3n) is 3.91. The summed E-state index contributed by atoms with van der Waals surface area (Å²) in [4.78, 5) is 14.1. The predicted octanol–water partition coefficient (Wildman–Crippen LogP) is 4.76. The summed E-state index contributed by atoms with van der Waals surface area (Å²) in [6.07, 6.45) is 1.75. The molecule has 3 rings (SSSR count). The number of nitrogens with zero attached hydrogens (tertiary/aromatic N) is 3. The Morgan fingerprint density at radius 2 is 2.04 bits per heavy atom. The lowest BCUT2D eigenvalue weighted by molar-refractivity contribution is 0.0747. The minimum absolute atomic E-state index is 0.241. The molecular formula is C19H19BrClN3O3. The van der Waals surface area contributed by atoms with Crippen molar-refractivity contribution in [3.63, 3.8) is 0 Å². The largest absolute Gasteiger partial charge is 0.486 e. The third kappa shape index (κ3) is 4.93. The van der Waals surface area contributed by atoms with Gasteiger partial charge in [0.15, 0.2) is 5.76 Å². The van der Waals surface area contributed by atoms with Gasteiger partial charge >= 0.3 is 0 Å². The van der Waals surface area contributed by atoms with Gasteiger partial charge in [0.2, 0.25) is 0 Å². The first kappa shape index (κ1) is 19.5. The number of ether oxygens (including phenoxy) is 1. The number of amides is 1. The Hall–Kier alpha value is -2.25. The van der Waals surface area contributed by atoms with Crippen molar-refractivity contribution in [2.75, 3.05) is 7.05 Å². The van der Waals surface area contributed by atoms with Crippen molar-refractivity contribution in [3.05, 3.63) is 69.3 Å². The second kappa shape index (κ2) is 8.63. The molecule has 0 unspecified atom stereocenters. The van der Waals surface area contributed by atoms with E-state index in [9.17, 15) is 4.79 Å². The molecule has 0 spiro atoms. The van der Waals surface area contributed by atoms with Gasteiger partial charge in [-0.05, 0) is 43.3 Å². The molecule has 27 heavy (non-hydrogen) atoms. The Morgan fingerprint density at radius 3 is 2.70 bits per heavy atom. The summed E-state index contributed by atoms with van der Waals surface area (Å²) < 4.78 is 14.0. The van der Waals surface area contributed by atoms with Crippen LogP contribution in [-0.2, 0) is 19.7 Å². The standard InChI is InChI=1S/C19H19BrClN3O3/c1-3-24-10-16(21)17(22-24)11-23(2)19(25)18-9-8-15(27-18)12-26-14-6-4-13(20)5-7-14/h4-10H,3,11-12H2,1-2H3. The van der Waals surface area contributed by atoms with E-state index in [2.05, 4.69) is 21.0 Å². The molecule has 6 nitrogen and oxygen atoms in total. The van der Waals surface area contributed by atoms with Gasteiger partial charge in [0, 0.05) is 24.3 Å². The fourth-order valence-electron chi connectivity index (χ4n) is 2.45. The summed E-state index contributed by atoms with van der Waals surface area (Å²) in [6.45, 7) is 3.24. The lowest BCUT2D eigenvalue weighted by Gasteiger charge is -2.14. The zero-order valence-corrected chi connectivity index (χ0v) is 17.3. The highest BCUT2D eigenvalue weighted by molar-refractivity contribution is 9.10. The molecule has 0 aliphatic heterocycles. The average molecular weight is 453 g/mol. The average Bonchev–Trinajstić information content (AvgIpc) is 3.27. The van der Waals surface area contributed by atoms with E-state index in [0.29, 0.717) is 23.0 Å². The molecular weight excluding hydrogens is 434 g/mol. The van der Waals surface area contributed by atoms with Gasteiger partial charge in [0.05, 0.1) is 11.6 Å². The molecule has 2 aromatic heterocycles. The summed E-state index contributed by atoms with van der Waals surface area (Å²) in [6, 6.07) is 10.9. The number of hydrogen-bond acceptors (Lipinski definition) is 4. The molecule has 8 heteroatoms. The monoisotopic (exact) mass is 451 g/mol. The SMILES string of the molecule is CCn1cc(Cl)c(CN(C)C(=O)c2ccc(COc3ccc(Br)cc3)o2)n1. The van der Waals surface area contributed by atoms with Gasteiger partial charge in [-0.2, -0.15) is 5.10 Å². The maximum Gasteiger partial charge on any atom is 0.289 e. The second-order valence-corrected chi connectivity index (χ2v) is 7.27. The maximum absolute atomic E-state index is 12.6. The molecule has 0 fully saturated rings. The zero-order chi connectivity index (χ0) is 19.4. The normalized spacial score (nSPS) is 10.8. The summed E-state index contributed by atoms with van der Waals surface area (Å²) in [5.74, 6) is 1.30. The summed E-state index contributed by atoms with van der Waals surface area (Å²) >= 11 is 9.55. The van der Waals surface area contributed by atoms with Crippen molar-refractivity contribution < 1.29 is 13.9 Å². The lowest BCUT2D eigenvalue weighted by atomic mass is 10.3. The van der Waals surface area contributed by atoms with Crippen LogP contribution in [0.25, 0.3) is 0 Å².